The van der Waals surface area contributed by atoms with Gasteiger partial charge in [-0.3, -0.25) is 0 Å². The van der Waals surface area contributed by atoms with Crippen LogP contribution in [0, 0.1) is 12.8 Å². The predicted octanol–water partition coefficient (Wildman–Crippen LogP) is 2.98. The van der Waals surface area contributed by atoms with Gasteiger partial charge in [0.2, 0.25) is 0 Å². The zero-order valence-corrected chi connectivity index (χ0v) is 9.97. The van der Waals surface area contributed by atoms with Crippen LogP contribution >= 0.6 is 15.9 Å². The van der Waals surface area contributed by atoms with Crippen molar-refractivity contribution in [2.75, 3.05) is 0 Å². The minimum Gasteiger partial charge on any atom is -0.301 e. The molecule has 0 fully saturated rings. The third-order valence-electron chi connectivity index (χ3n) is 3.22. The second-order valence-electron chi connectivity index (χ2n) is 4.09. The van der Waals surface area contributed by atoms with Crippen LogP contribution in [0.3, 0.4) is 0 Å². The zero-order valence-electron chi connectivity index (χ0n) is 8.38. The molecular weight excluding hydrogens is 240 g/mol. The Bertz CT molecular complexity index is 386. The molecule has 2 heteroatoms. The Balaban J connectivity index is 2.64. The maximum absolute atomic E-state index is 11.2. The quantitative estimate of drug-likeness (QED) is 0.555. The van der Waals surface area contributed by atoms with Crippen LogP contribution in [0.15, 0.2) is 18.2 Å². The minimum absolute atomic E-state index is 0.344. The zero-order chi connectivity index (χ0) is 10.3. The summed E-state index contributed by atoms with van der Waals surface area (Å²) in [7, 11) is 0. The van der Waals surface area contributed by atoms with Crippen LogP contribution in [0.2, 0.25) is 0 Å². The van der Waals surface area contributed by atoms with E-state index in [-0.39, 0.29) is 0 Å². The first-order valence-electron chi connectivity index (χ1n) is 4.84. The summed E-state index contributed by atoms with van der Waals surface area (Å²) < 4.78 is -0.450. The maximum atomic E-state index is 11.2. The number of carbonyl (C=O) groups excluding carboxylic acids is 1. The van der Waals surface area contributed by atoms with Crippen molar-refractivity contribution in [1.29, 1.82) is 0 Å². The van der Waals surface area contributed by atoms with Gasteiger partial charge >= 0.3 is 0 Å². The summed E-state index contributed by atoms with van der Waals surface area (Å²) in [6, 6.07) is 6.18. The lowest BCUT2D eigenvalue weighted by atomic mass is 9.95. The molecule has 0 amide bonds. The van der Waals surface area contributed by atoms with Gasteiger partial charge in [-0.2, -0.15) is 0 Å². The fourth-order valence-electron chi connectivity index (χ4n) is 2.23. The standard InChI is InChI=1S/C12H13BrO/c1-8-4-3-5-11-10(8)6-9(2)12(11,13)7-14/h3-5,7,9H,6H2,1-2H3. The smallest absolute Gasteiger partial charge is 0.141 e. The van der Waals surface area contributed by atoms with Crippen molar-refractivity contribution in [2.24, 2.45) is 5.92 Å². The summed E-state index contributed by atoms with van der Waals surface area (Å²) in [6.07, 6.45) is 2.02. The van der Waals surface area contributed by atoms with Crippen LogP contribution in [0.25, 0.3) is 0 Å². The lowest BCUT2D eigenvalue weighted by Crippen LogP contribution is -2.23. The van der Waals surface area contributed by atoms with E-state index in [2.05, 4.69) is 41.9 Å². The fourth-order valence-corrected chi connectivity index (χ4v) is 2.77. The summed E-state index contributed by atoms with van der Waals surface area (Å²) in [6.45, 7) is 4.22. The summed E-state index contributed by atoms with van der Waals surface area (Å²) in [5.41, 5.74) is 3.78. The molecule has 0 saturated carbocycles. The van der Waals surface area contributed by atoms with Gasteiger partial charge in [0.25, 0.3) is 0 Å². The summed E-state index contributed by atoms with van der Waals surface area (Å²) >= 11 is 3.58. The third-order valence-corrected chi connectivity index (χ3v) is 4.62. The van der Waals surface area contributed by atoms with Gasteiger partial charge in [0, 0.05) is 0 Å². The molecule has 0 heterocycles. The van der Waals surface area contributed by atoms with E-state index in [9.17, 15) is 4.79 Å². The highest BCUT2D eigenvalue weighted by atomic mass is 79.9. The first kappa shape index (κ1) is 9.91. The Morgan fingerprint density at radius 3 is 2.93 bits per heavy atom. The molecule has 2 rings (SSSR count). The molecule has 0 N–H and O–H groups in total. The SMILES string of the molecule is Cc1cccc2c1CC(C)C2(Br)C=O. The van der Waals surface area contributed by atoms with E-state index in [0.717, 1.165) is 18.3 Å². The topological polar surface area (TPSA) is 17.1 Å². The molecule has 1 nitrogen and oxygen atoms in total. The molecule has 2 atom stereocenters. The fraction of sp³-hybridized carbons (Fsp3) is 0.417. The van der Waals surface area contributed by atoms with Gasteiger partial charge in [-0.05, 0) is 36.0 Å². The highest BCUT2D eigenvalue weighted by Crippen LogP contribution is 2.47. The normalized spacial score (nSPS) is 30.1. The van der Waals surface area contributed by atoms with E-state index in [1.165, 1.54) is 11.1 Å². The second-order valence-corrected chi connectivity index (χ2v) is 5.40. The van der Waals surface area contributed by atoms with Crippen molar-refractivity contribution in [3.8, 4) is 0 Å². The van der Waals surface area contributed by atoms with E-state index in [4.69, 9.17) is 0 Å². The number of hydrogen-bond donors (Lipinski definition) is 0. The van der Waals surface area contributed by atoms with E-state index < -0.39 is 4.32 Å². The summed E-state index contributed by atoms with van der Waals surface area (Å²) in [4.78, 5) is 11.2. The van der Waals surface area contributed by atoms with Crippen molar-refractivity contribution in [3.05, 3.63) is 34.9 Å². The molecule has 0 radical (unpaired) electrons. The van der Waals surface area contributed by atoms with Crippen LogP contribution < -0.4 is 0 Å². The summed E-state index contributed by atoms with van der Waals surface area (Å²) in [5, 5.41) is 0. The number of aldehydes is 1. The van der Waals surface area contributed by atoms with Crippen LogP contribution in [-0.4, -0.2) is 6.29 Å². The molecule has 74 valence electrons. The molecule has 14 heavy (non-hydrogen) atoms. The second kappa shape index (κ2) is 3.20. The lowest BCUT2D eigenvalue weighted by Gasteiger charge is -2.20. The molecule has 0 bridgehead atoms. The van der Waals surface area contributed by atoms with Gasteiger partial charge in [-0.1, -0.05) is 41.1 Å². The van der Waals surface area contributed by atoms with Gasteiger partial charge < -0.3 is 4.79 Å². The number of fused-ring (bicyclic) bond motifs is 1. The number of halogens is 1. The molecule has 0 aromatic heterocycles. The summed E-state index contributed by atoms with van der Waals surface area (Å²) in [5.74, 6) is 0.344. The first-order valence-corrected chi connectivity index (χ1v) is 5.63. The van der Waals surface area contributed by atoms with E-state index in [0.29, 0.717) is 5.92 Å². The first-order chi connectivity index (χ1) is 6.59. The van der Waals surface area contributed by atoms with Crippen molar-refractivity contribution < 1.29 is 4.79 Å². The average molecular weight is 253 g/mol. The number of rotatable bonds is 1. The molecule has 0 saturated heterocycles. The highest BCUT2D eigenvalue weighted by Gasteiger charge is 2.42. The van der Waals surface area contributed by atoms with Crippen molar-refractivity contribution in [2.45, 2.75) is 24.6 Å². The number of aryl methyl sites for hydroxylation is 1. The highest BCUT2D eigenvalue weighted by molar-refractivity contribution is 9.10. The van der Waals surface area contributed by atoms with Crippen molar-refractivity contribution >= 4 is 22.2 Å². The number of carbonyl (C=O) groups is 1. The lowest BCUT2D eigenvalue weighted by molar-refractivity contribution is -0.110. The van der Waals surface area contributed by atoms with Crippen molar-refractivity contribution in [3.63, 3.8) is 0 Å². The molecular formula is C12H13BrO. The van der Waals surface area contributed by atoms with E-state index >= 15 is 0 Å². The van der Waals surface area contributed by atoms with Crippen molar-refractivity contribution in [1.82, 2.24) is 0 Å². The third kappa shape index (κ3) is 1.17. The number of hydrogen-bond acceptors (Lipinski definition) is 1. The molecule has 1 aliphatic carbocycles. The monoisotopic (exact) mass is 252 g/mol. The predicted molar refractivity (Wildman–Crippen MR) is 60.7 cm³/mol. The Morgan fingerprint density at radius 1 is 1.57 bits per heavy atom. The molecule has 0 aliphatic heterocycles. The molecule has 1 aromatic carbocycles. The van der Waals surface area contributed by atoms with E-state index in [1.54, 1.807) is 0 Å². The van der Waals surface area contributed by atoms with Crippen LogP contribution in [0.1, 0.15) is 23.6 Å². The Kier molecular flexibility index (Phi) is 2.26. The van der Waals surface area contributed by atoms with Gasteiger partial charge in [0.15, 0.2) is 0 Å². The Morgan fingerprint density at radius 2 is 2.29 bits per heavy atom. The molecule has 0 spiro atoms. The largest absolute Gasteiger partial charge is 0.301 e. The Labute approximate surface area is 92.6 Å². The number of benzene rings is 1. The van der Waals surface area contributed by atoms with Crippen LogP contribution in [0.5, 0.6) is 0 Å². The van der Waals surface area contributed by atoms with Gasteiger partial charge in [0.1, 0.15) is 10.6 Å². The van der Waals surface area contributed by atoms with Gasteiger partial charge in [0.05, 0.1) is 0 Å². The van der Waals surface area contributed by atoms with Gasteiger partial charge in [-0.15, -0.1) is 0 Å². The van der Waals surface area contributed by atoms with Crippen LogP contribution in [-0.2, 0) is 15.5 Å². The molecule has 1 aromatic rings. The van der Waals surface area contributed by atoms with Gasteiger partial charge in [-0.25, -0.2) is 0 Å². The number of alkyl halides is 1. The van der Waals surface area contributed by atoms with Crippen LogP contribution in [0.4, 0.5) is 0 Å². The molecule has 1 aliphatic rings. The Hall–Kier alpha value is -0.630. The van der Waals surface area contributed by atoms with E-state index in [1.807, 2.05) is 6.07 Å². The average Bonchev–Trinajstić information content (AvgIpc) is 2.43. The maximum Gasteiger partial charge on any atom is 0.141 e. The molecule has 2 unspecified atom stereocenters. The minimum atomic E-state index is -0.450.